The maximum atomic E-state index is 13.1. The van der Waals surface area contributed by atoms with Crippen molar-refractivity contribution in [3.8, 4) is 0 Å². The van der Waals surface area contributed by atoms with Gasteiger partial charge in [0.05, 0.1) is 13.2 Å². The van der Waals surface area contributed by atoms with E-state index in [4.69, 9.17) is 14.6 Å². The number of methoxy groups -OCH3 is 2. The lowest BCUT2D eigenvalue weighted by molar-refractivity contribution is 0.117. The highest BCUT2D eigenvalue weighted by molar-refractivity contribution is 7.94. The Labute approximate surface area is 183 Å². The van der Waals surface area contributed by atoms with Crippen molar-refractivity contribution in [2.75, 3.05) is 53.6 Å². The van der Waals surface area contributed by atoms with E-state index in [1.807, 2.05) is 11.8 Å². The second kappa shape index (κ2) is 11.0. The molecule has 0 amide bonds. The van der Waals surface area contributed by atoms with Crippen LogP contribution in [-0.2, 0) is 29.5 Å². The summed E-state index contributed by atoms with van der Waals surface area (Å²) in [5.74, 6) is 0. The molecule has 2 N–H and O–H groups in total. The molecule has 0 fully saturated rings. The summed E-state index contributed by atoms with van der Waals surface area (Å²) in [7, 11) is -4.61. The minimum atomic E-state index is -3.98. The molecule has 0 saturated heterocycles. The van der Waals surface area contributed by atoms with Gasteiger partial charge in [-0.3, -0.25) is 9.21 Å². The van der Waals surface area contributed by atoms with Crippen LogP contribution in [0.3, 0.4) is 0 Å². The zero-order chi connectivity index (χ0) is 20.9. The van der Waals surface area contributed by atoms with E-state index in [9.17, 15) is 16.8 Å². The van der Waals surface area contributed by atoms with Crippen molar-refractivity contribution in [2.24, 2.45) is 5.14 Å². The van der Waals surface area contributed by atoms with E-state index < -0.39 is 20.0 Å². The molecule has 1 aromatic rings. The van der Waals surface area contributed by atoms with Gasteiger partial charge in [-0.1, -0.05) is 6.92 Å². The molecule has 1 aliphatic heterocycles. The van der Waals surface area contributed by atoms with Crippen LogP contribution < -0.4 is 5.14 Å². The Kier molecular flexibility index (Phi) is 10.0. The van der Waals surface area contributed by atoms with Gasteiger partial charge in [-0.15, -0.1) is 23.7 Å². The van der Waals surface area contributed by atoms with Crippen LogP contribution in [0, 0.1) is 0 Å². The van der Waals surface area contributed by atoms with Gasteiger partial charge in [-0.05, 0) is 18.6 Å². The van der Waals surface area contributed by atoms with Gasteiger partial charge in [0.15, 0.2) is 0 Å². The first-order valence-electron chi connectivity index (χ1n) is 8.75. The van der Waals surface area contributed by atoms with Gasteiger partial charge in [0.25, 0.3) is 10.0 Å². The third kappa shape index (κ3) is 6.37. The summed E-state index contributed by atoms with van der Waals surface area (Å²) in [6.07, 6.45) is 2.35. The van der Waals surface area contributed by atoms with Crippen LogP contribution in [-0.4, -0.2) is 79.7 Å². The van der Waals surface area contributed by atoms with Crippen molar-refractivity contribution in [3.05, 3.63) is 17.3 Å². The molecule has 0 bridgehead atoms. The Bertz CT molecular complexity index is 906. The standard InChI is InChI=1S/C16H27N3O6S3.ClH/c1-4-5-19-14(12-18(6-8-24-2)7-9-25-3)10-13-11-15(27(17,20)21)26-16(13)28(19,22)23;/h10-11H,4-9,12H2,1-3H3,(H2,17,20,21);1H. The number of rotatable bonds is 11. The first kappa shape index (κ1) is 26.3. The molecule has 0 aliphatic carbocycles. The fourth-order valence-electron chi connectivity index (χ4n) is 2.85. The fourth-order valence-corrected chi connectivity index (χ4v) is 7.03. The molecule has 0 spiro atoms. The maximum absolute atomic E-state index is 13.1. The monoisotopic (exact) mass is 489 g/mol. The normalized spacial score (nSPS) is 15.8. The molecule has 0 radical (unpaired) electrons. The van der Waals surface area contributed by atoms with E-state index >= 15 is 0 Å². The predicted molar refractivity (Wildman–Crippen MR) is 115 cm³/mol. The van der Waals surface area contributed by atoms with E-state index in [1.165, 1.54) is 10.4 Å². The van der Waals surface area contributed by atoms with Gasteiger partial charge in [-0.25, -0.2) is 22.0 Å². The highest BCUT2D eigenvalue weighted by atomic mass is 35.5. The van der Waals surface area contributed by atoms with Gasteiger partial charge in [0.1, 0.15) is 8.42 Å². The summed E-state index contributed by atoms with van der Waals surface area (Å²) in [5.41, 5.74) is 0.940. The molecule has 1 aliphatic rings. The number of primary sulfonamides is 1. The molecule has 0 unspecified atom stereocenters. The van der Waals surface area contributed by atoms with Crippen LogP contribution in [0.2, 0.25) is 0 Å². The Morgan fingerprint density at radius 2 is 1.79 bits per heavy atom. The molecule has 2 heterocycles. The van der Waals surface area contributed by atoms with Crippen LogP contribution in [0.1, 0.15) is 18.9 Å². The minimum Gasteiger partial charge on any atom is -0.383 e. The lowest BCUT2D eigenvalue weighted by Crippen LogP contribution is -2.40. The molecular formula is C16H28ClN3O6S3. The van der Waals surface area contributed by atoms with E-state index in [0.29, 0.717) is 68.4 Å². The van der Waals surface area contributed by atoms with E-state index in [2.05, 4.69) is 0 Å². The summed E-state index contributed by atoms with van der Waals surface area (Å²) < 4.78 is 61.2. The number of nitrogens with zero attached hydrogens (tertiary/aromatic N) is 2. The van der Waals surface area contributed by atoms with Crippen LogP contribution in [0.5, 0.6) is 0 Å². The zero-order valence-electron chi connectivity index (χ0n) is 16.7. The molecule has 2 rings (SSSR count). The largest absolute Gasteiger partial charge is 0.383 e. The number of hydrogen-bond acceptors (Lipinski definition) is 8. The third-order valence-corrected chi connectivity index (χ3v) is 9.13. The highest BCUT2D eigenvalue weighted by Gasteiger charge is 2.35. The lowest BCUT2D eigenvalue weighted by Gasteiger charge is -2.33. The van der Waals surface area contributed by atoms with Gasteiger partial charge in [-0.2, -0.15) is 0 Å². The number of fused-ring (bicyclic) bond motifs is 1. The molecule has 168 valence electrons. The van der Waals surface area contributed by atoms with Crippen molar-refractivity contribution in [1.29, 1.82) is 0 Å². The number of ether oxygens (including phenoxy) is 2. The van der Waals surface area contributed by atoms with E-state index in [1.54, 1.807) is 20.3 Å². The zero-order valence-corrected chi connectivity index (χ0v) is 19.9. The van der Waals surface area contributed by atoms with Crippen molar-refractivity contribution in [3.63, 3.8) is 0 Å². The third-order valence-electron chi connectivity index (χ3n) is 4.19. The predicted octanol–water partition coefficient (Wildman–Crippen LogP) is 1.17. The first-order valence-corrected chi connectivity index (χ1v) is 12.6. The number of nitrogens with two attached hydrogens (primary N) is 1. The smallest absolute Gasteiger partial charge is 0.274 e. The quantitative estimate of drug-likeness (QED) is 0.495. The van der Waals surface area contributed by atoms with Crippen LogP contribution in [0.4, 0.5) is 0 Å². The minimum absolute atomic E-state index is 0. The molecule has 0 aromatic carbocycles. The van der Waals surface area contributed by atoms with Crippen LogP contribution >= 0.6 is 23.7 Å². The molecule has 1 aromatic heterocycles. The van der Waals surface area contributed by atoms with Crippen molar-refractivity contribution in [1.82, 2.24) is 9.21 Å². The Hall–Kier alpha value is -0.730. The molecule has 9 nitrogen and oxygen atoms in total. The average molecular weight is 490 g/mol. The summed E-state index contributed by atoms with van der Waals surface area (Å²) in [5, 5.41) is 5.19. The average Bonchev–Trinajstić information content (AvgIpc) is 3.06. The Morgan fingerprint density at radius 3 is 2.28 bits per heavy atom. The number of thiophene rings is 1. The van der Waals surface area contributed by atoms with Crippen LogP contribution in [0.15, 0.2) is 20.2 Å². The fraction of sp³-hybridized carbons (Fsp3) is 0.625. The Morgan fingerprint density at radius 1 is 1.21 bits per heavy atom. The van der Waals surface area contributed by atoms with Gasteiger partial charge in [0.2, 0.25) is 10.0 Å². The number of hydrogen-bond donors (Lipinski definition) is 1. The number of halogens is 1. The van der Waals surface area contributed by atoms with Gasteiger partial charge in [0, 0.05) is 51.7 Å². The Balaban J connectivity index is 0.00000420. The molecular weight excluding hydrogens is 462 g/mol. The number of sulfonamides is 2. The summed E-state index contributed by atoms with van der Waals surface area (Å²) >= 11 is 0.687. The SMILES string of the molecule is CCCN1C(CN(CCOC)CCOC)=Cc2cc(S(N)(=O)=O)sc2S1(=O)=O.Cl. The second-order valence-electron chi connectivity index (χ2n) is 6.33. The highest BCUT2D eigenvalue weighted by Crippen LogP contribution is 2.38. The van der Waals surface area contributed by atoms with Crippen molar-refractivity contribution in [2.45, 2.75) is 21.8 Å². The van der Waals surface area contributed by atoms with Gasteiger partial charge >= 0.3 is 0 Å². The van der Waals surface area contributed by atoms with E-state index in [0.717, 1.165) is 0 Å². The van der Waals surface area contributed by atoms with Crippen LogP contribution in [0.25, 0.3) is 6.08 Å². The topological polar surface area (TPSA) is 119 Å². The molecule has 13 heteroatoms. The molecule has 29 heavy (non-hydrogen) atoms. The lowest BCUT2D eigenvalue weighted by atomic mass is 10.2. The molecule has 0 saturated carbocycles. The summed E-state index contributed by atoms with van der Waals surface area (Å²) in [6.45, 7) is 4.77. The van der Waals surface area contributed by atoms with Crippen molar-refractivity contribution < 1.29 is 26.3 Å². The van der Waals surface area contributed by atoms with Gasteiger partial charge < -0.3 is 9.47 Å². The second-order valence-corrected chi connectivity index (χ2v) is 11.2. The maximum Gasteiger partial charge on any atom is 0.274 e. The first-order chi connectivity index (χ1) is 13.1. The van der Waals surface area contributed by atoms with E-state index in [-0.39, 0.29) is 20.8 Å². The summed E-state index contributed by atoms with van der Waals surface area (Å²) in [6, 6.07) is 1.32. The van der Waals surface area contributed by atoms with Crippen molar-refractivity contribution >= 4 is 49.9 Å². The summed E-state index contributed by atoms with van der Waals surface area (Å²) in [4.78, 5) is 2.04. The molecule has 0 atom stereocenters.